The second-order valence-electron chi connectivity index (χ2n) is 27.8. The molecule has 0 aromatic heterocycles. The average Bonchev–Trinajstić information content (AvgIpc) is 0.786. The van der Waals surface area contributed by atoms with Gasteiger partial charge in [-0.1, -0.05) is 288 Å². The summed E-state index contributed by atoms with van der Waals surface area (Å²) in [7, 11) is 0. The Hall–Kier alpha value is -1.99. The number of amides is 1. The molecule has 0 saturated carbocycles. The Kier molecular flexibility index (Phi) is 52.9. The summed E-state index contributed by atoms with van der Waals surface area (Å²) in [5, 5.41) is 121. The molecule has 19 heteroatoms. The third-order valence-electron chi connectivity index (χ3n) is 19.5. The number of aliphatic hydroxyl groups excluding tert-OH is 11. The summed E-state index contributed by atoms with van der Waals surface area (Å²) in [4.78, 5) is 13.5. The lowest BCUT2D eigenvalue weighted by Crippen LogP contribution is -2.66. The van der Waals surface area contributed by atoms with E-state index in [0.29, 0.717) is 12.8 Å². The lowest BCUT2D eigenvalue weighted by atomic mass is 9.96. The van der Waals surface area contributed by atoms with E-state index in [0.717, 1.165) is 57.8 Å². The van der Waals surface area contributed by atoms with Gasteiger partial charge in [0.2, 0.25) is 5.91 Å². The van der Waals surface area contributed by atoms with Gasteiger partial charge in [-0.2, -0.15) is 0 Å². The molecule has 17 unspecified atom stereocenters. The molecule has 0 aromatic carbocycles. The Balaban J connectivity index is 1.38. The third-order valence-corrected chi connectivity index (χ3v) is 19.5. The zero-order valence-corrected chi connectivity index (χ0v) is 59.4. The number of allylic oxidation sites excluding steroid dienone is 6. The zero-order chi connectivity index (χ0) is 68.9. The van der Waals surface area contributed by atoms with Crippen LogP contribution in [0.1, 0.15) is 309 Å². The van der Waals surface area contributed by atoms with Crippen LogP contribution < -0.4 is 5.32 Å². The normalized spacial score (nSPS) is 27.4. The number of carbonyl (C=O) groups excluding carboxylic acids is 1. The molecule has 12 N–H and O–H groups in total. The maximum atomic E-state index is 13.5. The van der Waals surface area contributed by atoms with Gasteiger partial charge in [0, 0.05) is 6.42 Å². The monoisotopic (exact) mass is 1360 g/mol. The van der Waals surface area contributed by atoms with Crippen LogP contribution >= 0.6 is 0 Å². The molecule has 3 aliphatic heterocycles. The minimum absolute atomic E-state index is 0.240. The predicted molar refractivity (Wildman–Crippen MR) is 374 cm³/mol. The highest BCUT2D eigenvalue weighted by Crippen LogP contribution is 2.33. The van der Waals surface area contributed by atoms with Crippen molar-refractivity contribution in [3.8, 4) is 0 Å². The zero-order valence-electron chi connectivity index (χ0n) is 59.4. The Bertz CT molecular complexity index is 1860. The molecule has 17 atom stereocenters. The van der Waals surface area contributed by atoms with Crippen LogP contribution in [-0.2, 0) is 33.2 Å². The molecule has 0 radical (unpaired) electrons. The van der Waals surface area contributed by atoms with Crippen LogP contribution in [0.2, 0.25) is 0 Å². The number of hydrogen-bond acceptors (Lipinski definition) is 18. The van der Waals surface area contributed by atoms with Gasteiger partial charge in [-0.25, -0.2) is 0 Å². The standard InChI is InChI=1S/C76H141NO18/c1-3-5-7-9-11-13-15-17-19-21-23-25-26-27-28-29-30-31-32-34-36-38-40-42-44-46-48-50-52-54-64(82)77-59(60(81)53-51-49-47-45-43-41-39-37-35-33-24-22-20-18-16-14-12-10-8-6-4-2)58-90-74-70(88)67(85)72(62(56-79)92-74)95-76-71(89)68(86)73(63(57-80)93-76)94-75-69(87)66(84)65(83)61(55-78)91-75/h15,17,21,23,26-27,59-63,65-76,78-81,83-89H,3-14,16,18-20,22,24-25,28-58H2,1-2H3,(H,77,82)/b17-15-,23-21-,27-26-. The summed E-state index contributed by atoms with van der Waals surface area (Å²) < 4.78 is 34.5. The van der Waals surface area contributed by atoms with E-state index in [4.69, 9.17) is 28.4 Å². The topological polar surface area (TPSA) is 307 Å². The van der Waals surface area contributed by atoms with Crippen molar-refractivity contribution in [3.63, 3.8) is 0 Å². The largest absolute Gasteiger partial charge is 0.394 e. The van der Waals surface area contributed by atoms with Gasteiger partial charge in [-0.05, 0) is 51.4 Å². The number of ether oxygens (including phenoxy) is 6. The van der Waals surface area contributed by atoms with Crippen LogP contribution in [0.15, 0.2) is 36.5 Å². The number of nitrogens with one attached hydrogen (secondary N) is 1. The fourth-order valence-corrected chi connectivity index (χ4v) is 13.2. The maximum Gasteiger partial charge on any atom is 0.220 e. The summed E-state index contributed by atoms with van der Waals surface area (Å²) in [6, 6.07) is -0.888. The first-order valence-corrected chi connectivity index (χ1v) is 38.7. The van der Waals surface area contributed by atoms with Crippen LogP contribution in [0.25, 0.3) is 0 Å². The molecule has 3 aliphatic rings. The van der Waals surface area contributed by atoms with E-state index in [9.17, 15) is 61.0 Å². The molecule has 0 bridgehead atoms. The van der Waals surface area contributed by atoms with Crippen molar-refractivity contribution in [2.24, 2.45) is 0 Å². The van der Waals surface area contributed by atoms with Crippen LogP contribution in [0.4, 0.5) is 0 Å². The number of hydrogen-bond donors (Lipinski definition) is 12. The second-order valence-corrected chi connectivity index (χ2v) is 27.8. The van der Waals surface area contributed by atoms with E-state index in [1.165, 1.54) is 218 Å². The first-order valence-electron chi connectivity index (χ1n) is 38.7. The Morgan fingerprint density at radius 1 is 0.379 bits per heavy atom. The van der Waals surface area contributed by atoms with Gasteiger partial charge in [0.05, 0.1) is 38.6 Å². The lowest BCUT2D eigenvalue weighted by molar-refractivity contribution is -0.379. The van der Waals surface area contributed by atoms with Gasteiger partial charge in [-0.15, -0.1) is 0 Å². The maximum absolute atomic E-state index is 13.5. The summed E-state index contributed by atoms with van der Waals surface area (Å²) in [5.74, 6) is -0.240. The highest BCUT2D eigenvalue weighted by Gasteiger charge is 2.54. The molecule has 3 rings (SSSR count). The van der Waals surface area contributed by atoms with Gasteiger partial charge in [-0.3, -0.25) is 4.79 Å². The van der Waals surface area contributed by atoms with E-state index in [1.54, 1.807) is 0 Å². The van der Waals surface area contributed by atoms with E-state index in [1.807, 2.05) is 0 Å². The molecule has 19 nitrogen and oxygen atoms in total. The Labute approximate surface area is 574 Å². The lowest BCUT2D eigenvalue weighted by Gasteiger charge is -2.48. The minimum Gasteiger partial charge on any atom is -0.394 e. The van der Waals surface area contributed by atoms with Crippen LogP contribution in [0, 0.1) is 0 Å². The third kappa shape index (κ3) is 38.6. The van der Waals surface area contributed by atoms with Crippen molar-refractivity contribution in [1.82, 2.24) is 5.32 Å². The molecule has 0 aromatic rings. The van der Waals surface area contributed by atoms with Crippen LogP contribution in [0.3, 0.4) is 0 Å². The molecular weight excluding hydrogens is 1210 g/mol. The van der Waals surface area contributed by atoms with Gasteiger partial charge >= 0.3 is 0 Å². The van der Waals surface area contributed by atoms with Crippen molar-refractivity contribution < 1.29 is 89.4 Å². The number of unbranched alkanes of at least 4 members (excludes halogenated alkanes) is 39. The minimum atomic E-state index is -1.97. The highest BCUT2D eigenvalue weighted by atomic mass is 16.8. The molecule has 3 fully saturated rings. The number of aliphatic hydroxyl groups is 11. The SMILES string of the molecule is CCCCCCC/C=C\C/C=C\C/C=C\CCCCCCCCCCCCCCCCC(=O)NC(COC1OC(CO)C(OC2OC(CO)C(OC3OC(CO)C(O)C(O)C3O)C(O)C2O)C(O)C1O)C(O)CCCCCCCCCCCCCCCCCCCCCCC. The fraction of sp³-hybridized carbons (Fsp3) is 0.908. The highest BCUT2D eigenvalue weighted by molar-refractivity contribution is 5.76. The molecule has 558 valence electrons. The molecule has 0 spiro atoms. The van der Waals surface area contributed by atoms with E-state index >= 15 is 0 Å². The number of carbonyl (C=O) groups is 1. The summed E-state index contributed by atoms with van der Waals surface area (Å²) >= 11 is 0. The average molecular weight is 1360 g/mol. The molecule has 0 aliphatic carbocycles. The van der Waals surface area contributed by atoms with Crippen molar-refractivity contribution in [2.75, 3.05) is 26.4 Å². The first kappa shape index (κ1) is 87.2. The van der Waals surface area contributed by atoms with Crippen LogP contribution in [0.5, 0.6) is 0 Å². The molecule has 95 heavy (non-hydrogen) atoms. The quantitative estimate of drug-likeness (QED) is 0.0199. The summed E-state index contributed by atoms with van der Waals surface area (Å²) in [6.45, 7) is 1.83. The molecular formula is C76H141NO18. The Morgan fingerprint density at radius 2 is 0.695 bits per heavy atom. The van der Waals surface area contributed by atoms with E-state index in [2.05, 4.69) is 55.6 Å². The van der Waals surface area contributed by atoms with Crippen LogP contribution in [-0.4, -0.2) is 193 Å². The molecule has 1 amide bonds. The smallest absolute Gasteiger partial charge is 0.220 e. The van der Waals surface area contributed by atoms with E-state index < -0.39 is 124 Å². The molecule has 3 saturated heterocycles. The van der Waals surface area contributed by atoms with Gasteiger partial charge in [0.1, 0.15) is 73.2 Å². The van der Waals surface area contributed by atoms with Gasteiger partial charge in [0.15, 0.2) is 18.9 Å². The fourth-order valence-electron chi connectivity index (χ4n) is 13.2. The van der Waals surface area contributed by atoms with Crippen molar-refractivity contribution in [1.29, 1.82) is 0 Å². The van der Waals surface area contributed by atoms with Crippen molar-refractivity contribution >= 4 is 5.91 Å². The second kappa shape index (κ2) is 57.6. The van der Waals surface area contributed by atoms with Crippen molar-refractivity contribution in [2.45, 2.75) is 413 Å². The number of rotatable bonds is 61. The van der Waals surface area contributed by atoms with Gasteiger partial charge in [0.25, 0.3) is 0 Å². The summed E-state index contributed by atoms with van der Waals surface area (Å²) in [6.07, 6.45) is 42.2. The molecule has 3 heterocycles. The first-order chi connectivity index (χ1) is 46.3. The van der Waals surface area contributed by atoms with Crippen molar-refractivity contribution in [3.05, 3.63) is 36.5 Å². The Morgan fingerprint density at radius 3 is 1.08 bits per heavy atom. The summed E-state index contributed by atoms with van der Waals surface area (Å²) in [5.41, 5.74) is 0. The predicted octanol–water partition coefficient (Wildman–Crippen LogP) is 11.9. The van der Waals surface area contributed by atoms with Gasteiger partial charge < -0.3 is 89.9 Å². The van der Waals surface area contributed by atoms with E-state index in [-0.39, 0.29) is 18.9 Å².